The highest BCUT2D eigenvalue weighted by Crippen LogP contribution is 2.13. The number of rotatable bonds is 3. The van der Waals surface area contributed by atoms with Crippen molar-refractivity contribution in [2.45, 2.75) is 13.0 Å². The van der Waals surface area contributed by atoms with Crippen LogP contribution in [0.25, 0.3) is 0 Å². The van der Waals surface area contributed by atoms with Gasteiger partial charge in [-0.15, -0.1) is 0 Å². The van der Waals surface area contributed by atoms with E-state index in [1.54, 1.807) is 0 Å². The summed E-state index contributed by atoms with van der Waals surface area (Å²) in [6, 6.07) is 2.71. The molecule has 0 radical (unpaired) electrons. The van der Waals surface area contributed by atoms with Crippen molar-refractivity contribution in [2.24, 2.45) is 0 Å². The normalized spacial score (nSPS) is 11.9. The molecular weight excluding hydrogens is 328 g/mol. The summed E-state index contributed by atoms with van der Waals surface area (Å²) in [5.41, 5.74) is 0.259. The number of aliphatic carboxylic acids is 1. The number of benzene rings is 1. The average molecular weight is 337 g/mol. The molecular formula is C10H9FINO3. The van der Waals surface area contributed by atoms with Crippen LogP contribution in [0.5, 0.6) is 0 Å². The van der Waals surface area contributed by atoms with Crippen LogP contribution in [-0.4, -0.2) is 23.0 Å². The molecule has 0 aliphatic carbocycles. The second-order valence-electron chi connectivity index (χ2n) is 3.16. The maximum atomic E-state index is 12.8. The number of hydrogen-bond acceptors (Lipinski definition) is 2. The molecule has 4 nitrogen and oxygen atoms in total. The van der Waals surface area contributed by atoms with Gasteiger partial charge < -0.3 is 10.4 Å². The van der Waals surface area contributed by atoms with E-state index in [2.05, 4.69) is 5.32 Å². The van der Waals surface area contributed by atoms with Gasteiger partial charge in [-0.1, -0.05) is 0 Å². The second-order valence-corrected chi connectivity index (χ2v) is 4.32. The Balaban J connectivity index is 2.85. The molecule has 0 aromatic heterocycles. The van der Waals surface area contributed by atoms with Crippen LogP contribution in [0.3, 0.4) is 0 Å². The highest BCUT2D eigenvalue weighted by atomic mass is 127. The van der Waals surface area contributed by atoms with Crippen LogP contribution in [0.15, 0.2) is 18.2 Å². The Morgan fingerprint density at radius 2 is 2.12 bits per heavy atom. The molecule has 0 saturated heterocycles. The van der Waals surface area contributed by atoms with E-state index < -0.39 is 23.7 Å². The van der Waals surface area contributed by atoms with Gasteiger partial charge >= 0.3 is 5.97 Å². The first kappa shape index (κ1) is 12.9. The first-order valence-electron chi connectivity index (χ1n) is 4.40. The maximum absolute atomic E-state index is 12.8. The number of carboxylic acids is 1. The molecule has 0 saturated carbocycles. The molecule has 6 heteroatoms. The van der Waals surface area contributed by atoms with Gasteiger partial charge in [-0.25, -0.2) is 4.39 Å². The van der Waals surface area contributed by atoms with E-state index in [1.807, 2.05) is 22.6 Å². The quantitative estimate of drug-likeness (QED) is 0.824. The lowest BCUT2D eigenvalue weighted by atomic mass is 10.2. The summed E-state index contributed by atoms with van der Waals surface area (Å²) in [5.74, 6) is -2.09. The van der Waals surface area contributed by atoms with Crippen molar-refractivity contribution >= 4 is 34.5 Å². The lowest BCUT2D eigenvalue weighted by Crippen LogP contribution is -2.38. The molecule has 0 heterocycles. The maximum Gasteiger partial charge on any atom is 0.325 e. The first-order chi connectivity index (χ1) is 7.41. The predicted octanol–water partition coefficient (Wildman–Crippen LogP) is 1.63. The van der Waals surface area contributed by atoms with Gasteiger partial charge in [0.05, 0.1) is 5.56 Å². The number of amides is 1. The number of carboxylic acid groups (broad SMARTS) is 1. The number of nitrogens with one attached hydrogen (secondary N) is 1. The van der Waals surface area contributed by atoms with Crippen LogP contribution in [0.2, 0.25) is 0 Å². The number of carbonyl (C=O) groups is 2. The van der Waals surface area contributed by atoms with E-state index in [9.17, 15) is 14.0 Å². The third-order valence-corrected chi connectivity index (χ3v) is 2.79. The Kier molecular flexibility index (Phi) is 4.22. The van der Waals surface area contributed by atoms with E-state index in [1.165, 1.54) is 19.1 Å². The number of carbonyl (C=O) groups excluding carboxylic acids is 1. The Labute approximate surface area is 105 Å². The third kappa shape index (κ3) is 3.16. The van der Waals surface area contributed by atoms with Crippen LogP contribution in [0.4, 0.5) is 4.39 Å². The summed E-state index contributed by atoms with van der Waals surface area (Å²) in [5, 5.41) is 10.9. The van der Waals surface area contributed by atoms with Gasteiger partial charge in [0.1, 0.15) is 11.9 Å². The van der Waals surface area contributed by atoms with Crippen molar-refractivity contribution in [3.63, 3.8) is 0 Å². The zero-order chi connectivity index (χ0) is 12.3. The van der Waals surface area contributed by atoms with Gasteiger partial charge in [0.15, 0.2) is 0 Å². The summed E-state index contributed by atoms with van der Waals surface area (Å²) in [6.07, 6.45) is 0. The molecule has 0 unspecified atom stereocenters. The minimum atomic E-state index is -1.12. The molecule has 16 heavy (non-hydrogen) atoms. The molecule has 1 amide bonds. The highest BCUT2D eigenvalue weighted by molar-refractivity contribution is 14.1. The topological polar surface area (TPSA) is 66.4 Å². The van der Waals surface area contributed by atoms with Crippen LogP contribution < -0.4 is 5.32 Å². The highest BCUT2D eigenvalue weighted by Gasteiger charge is 2.17. The third-order valence-electron chi connectivity index (χ3n) is 1.89. The van der Waals surface area contributed by atoms with Crippen LogP contribution in [0, 0.1) is 9.39 Å². The molecule has 0 aliphatic heterocycles. The smallest absolute Gasteiger partial charge is 0.325 e. The second kappa shape index (κ2) is 5.24. The lowest BCUT2D eigenvalue weighted by Gasteiger charge is -2.10. The molecule has 2 N–H and O–H groups in total. The fraction of sp³-hybridized carbons (Fsp3) is 0.200. The zero-order valence-electron chi connectivity index (χ0n) is 8.33. The van der Waals surface area contributed by atoms with Crippen molar-refractivity contribution in [2.75, 3.05) is 0 Å². The molecule has 0 bridgehead atoms. The average Bonchev–Trinajstić information content (AvgIpc) is 2.16. The summed E-state index contributed by atoms with van der Waals surface area (Å²) < 4.78 is 13.2. The van der Waals surface area contributed by atoms with Crippen molar-refractivity contribution in [3.8, 4) is 0 Å². The molecule has 0 spiro atoms. The minimum Gasteiger partial charge on any atom is -0.480 e. The molecule has 1 aromatic carbocycles. The molecule has 0 aliphatic rings. The SMILES string of the molecule is C[C@@H](NC(=O)c1ccc(F)cc1I)C(=O)O. The summed E-state index contributed by atoms with van der Waals surface area (Å²) in [4.78, 5) is 22.1. The van der Waals surface area contributed by atoms with E-state index in [-0.39, 0.29) is 5.56 Å². The zero-order valence-corrected chi connectivity index (χ0v) is 10.5. The minimum absolute atomic E-state index is 0.259. The monoisotopic (exact) mass is 337 g/mol. The first-order valence-corrected chi connectivity index (χ1v) is 5.48. The largest absolute Gasteiger partial charge is 0.480 e. The van der Waals surface area contributed by atoms with E-state index in [4.69, 9.17) is 5.11 Å². The predicted molar refractivity (Wildman–Crippen MR) is 63.7 cm³/mol. The van der Waals surface area contributed by atoms with Gasteiger partial charge in [0.2, 0.25) is 0 Å². The Morgan fingerprint density at radius 1 is 1.50 bits per heavy atom. The fourth-order valence-electron chi connectivity index (χ4n) is 1.01. The summed E-state index contributed by atoms with van der Waals surface area (Å²) >= 11 is 1.82. The van der Waals surface area contributed by atoms with E-state index in [0.29, 0.717) is 3.57 Å². The molecule has 86 valence electrons. The van der Waals surface area contributed by atoms with E-state index in [0.717, 1.165) is 6.07 Å². The van der Waals surface area contributed by atoms with Gasteiger partial charge in [-0.3, -0.25) is 9.59 Å². The van der Waals surface area contributed by atoms with E-state index >= 15 is 0 Å². The number of halogens is 2. The van der Waals surface area contributed by atoms with Crippen molar-refractivity contribution < 1.29 is 19.1 Å². The summed E-state index contributed by atoms with van der Waals surface area (Å²) in [6.45, 7) is 1.36. The standard InChI is InChI=1S/C10H9FINO3/c1-5(10(15)16)13-9(14)7-3-2-6(11)4-8(7)12/h2-5H,1H3,(H,13,14)(H,15,16)/t5-/m1/s1. The fourth-order valence-corrected chi connectivity index (χ4v) is 1.73. The van der Waals surface area contributed by atoms with Gasteiger partial charge in [-0.05, 0) is 47.7 Å². The van der Waals surface area contributed by atoms with Crippen molar-refractivity contribution in [1.29, 1.82) is 0 Å². The molecule has 0 fully saturated rings. The lowest BCUT2D eigenvalue weighted by molar-refractivity contribution is -0.138. The van der Waals surface area contributed by atoms with Crippen molar-refractivity contribution in [3.05, 3.63) is 33.1 Å². The van der Waals surface area contributed by atoms with Crippen LogP contribution >= 0.6 is 22.6 Å². The molecule has 1 aromatic rings. The van der Waals surface area contributed by atoms with Crippen LogP contribution in [0.1, 0.15) is 17.3 Å². The number of hydrogen-bond donors (Lipinski definition) is 2. The van der Waals surface area contributed by atoms with Gasteiger partial charge in [0, 0.05) is 3.57 Å². The van der Waals surface area contributed by atoms with Gasteiger partial charge in [-0.2, -0.15) is 0 Å². The molecule has 1 atom stereocenters. The molecule has 1 rings (SSSR count). The Morgan fingerprint density at radius 3 is 2.62 bits per heavy atom. The Hall–Kier alpha value is -1.18. The summed E-state index contributed by atoms with van der Waals surface area (Å²) in [7, 11) is 0. The Bertz CT molecular complexity index is 436. The van der Waals surface area contributed by atoms with Gasteiger partial charge in [0.25, 0.3) is 5.91 Å². The van der Waals surface area contributed by atoms with Crippen molar-refractivity contribution in [1.82, 2.24) is 5.32 Å². The van der Waals surface area contributed by atoms with Crippen LogP contribution in [-0.2, 0) is 4.79 Å².